The van der Waals surface area contributed by atoms with Crippen LogP contribution in [0, 0.1) is 0 Å². The van der Waals surface area contributed by atoms with Crippen molar-refractivity contribution in [3.05, 3.63) is 83.6 Å². The molecule has 2 heterocycles. The Morgan fingerprint density at radius 3 is 2.39 bits per heavy atom. The summed E-state index contributed by atoms with van der Waals surface area (Å²) in [4.78, 5) is 16.6. The normalized spacial score (nSPS) is 10.8. The zero-order valence-electron chi connectivity index (χ0n) is 16.8. The molecule has 0 aliphatic carbocycles. The molecule has 0 aliphatic heterocycles. The molecule has 0 spiro atoms. The molecular formula is C23H20ClN5OS. The van der Waals surface area contributed by atoms with Crippen molar-refractivity contribution in [1.29, 1.82) is 0 Å². The van der Waals surface area contributed by atoms with E-state index >= 15 is 0 Å². The van der Waals surface area contributed by atoms with Crippen LogP contribution in [0.1, 0.15) is 12.5 Å². The number of aromatic nitrogens is 4. The molecule has 6 nitrogen and oxygen atoms in total. The van der Waals surface area contributed by atoms with Crippen LogP contribution in [0.5, 0.6) is 0 Å². The largest absolute Gasteiger partial charge is 0.325 e. The number of halogens is 1. The molecule has 0 saturated heterocycles. The number of nitrogens with one attached hydrogen (secondary N) is 1. The summed E-state index contributed by atoms with van der Waals surface area (Å²) >= 11 is 7.39. The Bertz CT molecular complexity index is 1160. The van der Waals surface area contributed by atoms with Crippen molar-refractivity contribution in [1.82, 2.24) is 19.7 Å². The summed E-state index contributed by atoms with van der Waals surface area (Å²) in [5, 5.41) is 12.9. The van der Waals surface area contributed by atoms with Gasteiger partial charge in [-0.15, -0.1) is 10.2 Å². The molecule has 156 valence electrons. The first-order valence-corrected chi connectivity index (χ1v) is 11.1. The van der Waals surface area contributed by atoms with Gasteiger partial charge in [-0.2, -0.15) is 0 Å². The van der Waals surface area contributed by atoms with Crippen LogP contribution in [0.4, 0.5) is 5.69 Å². The molecule has 31 heavy (non-hydrogen) atoms. The fourth-order valence-electron chi connectivity index (χ4n) is 3.03. The molecule has 4 aromatic rings. The first-order valence-electron chi connectivity index (χ1n) is 9.77. The minimum atomic E-state index is -0.106. The Kier molecular flexibility index (Phi) is 6.64. The molecular weight excluding hydrogens is 430 g/mol. The Morgan fingerprint density at radius 1 is 1.00 bits per heavy atom. The molecule has 0 aliphatic rings. The van der Waals surface area contributed by atoms with Crippen LogP contribution >= 0.6 is 23.4 Å². The number of nitrogens with zero attached hydrogens (tertiary/aromatic N) is 4. The predicted octanol–water partition coefficient (Wildman–Crippen LogP) is 5.28. The minimum absolute atomic E-state index is 0.106. The monoisotopic (exact) mass is 449 g/mol. The number of aryl methyl sites for hydroxylation is 1. The smallest absolute Gasteiger partial charge is 0.234 e. The fraction of sp³-hybridized carbons (Fsp3) is 0.130. The van der Waals surface area contributed by atoms with Crippen molar-refractivity contribution >= 4 is 35.0 Å². The summed E-state index contributed by atoms with van der Waals surface area (Å²) in [6.07, 6.45) is 4.38. The van der Waals surface area contributed by atoms with Gasteiger partial charge in [0.25, 0.3) is 0 Å². The van der Waals surface area contributed by atoms with Crippen LogP contribution in [-0.4, -0.2) is 31.4 Å². The zero-order chi connectivity index (χ0) is 21.6. The van der Waals surface area contributed by atoms with Crippen molar-refractivity contribution in [2.24, 2.45) is 0 Å². The number of anilines is 1. The van der Waals surface area contributed by atoms with Gasteiger partial charge in [0.05, 0.1) is 5.75 Å². The maximum Gasteiger partial charge on any atom is 0.234 e. The van der Waals surface area contributed by atoms with E-state index in [1.54, 1.807) is 12.4 Å². The molecule has 0 saturated carbocycles. The second-order valence-corrected chi connectivity index (χ2v) is 8.12. The van der Waals surface area contributed by atoms with Gasteiger partial charge in [0.1, 0.15) is 0 Å². The highest BCUT2D eigenvalue weighted by atomic mass is 35.5. The van der Waals surface area contributed by atoms with E-state index in [9.17, 15) is 4.79 Å². The van der Waals surface area contributed by atoms with Gasteiger partial charge in [-0.05, 0) is 60.5 Å². The number of benzene rings is 2. The topological polar surface area (TPSA) is 72.7 Å². The number of carbonyl (C=O) groups excluding carboxylic acids is 1. The molecule has 2 aromatic heterocycles. The quantitative estimate of drug-likeness (QED) is 0.389. The maximum absolute atomic E-state index is 12.5. The third-order valence-corrected chi connectivity index (χ3v) is 5.82. The van der Waals surface area contributed by atoms with Crippen molar-refractivity contribution in [3.63, 3.8) is 0 Å². The Morgan fingerprint density at radius 2 is 1.71 bits per heavy atom. The summed E-state index contributed by atoms with van der Waals surface area (Å²) in [5.41, 5.74) is 3.75. The molecule has 0 radical (unpaired) electrons. The molecule has 0 atom stereocenters. The molecule has 0 bridgehead atoms. The molecule has 2 aromatic carbocycles. The molecule has 4 rings (SSSR count). The van der Waals surface area contributed by atoms with E-state index in [-0.39, 0.29) is 11.7 Å². The number of hydrogen-bond acceptors (Lipinski definition) is 5. The van der Waals surface area contributed by atoms with Crippen molar-refractivity contribution in [2.45, 2.75) is 18.5 Å². The van der Waals surface area contributed by atoms with Gasteiger partial charge >= 0.3 is 0 Å². The van der Waals surface area contributed by atoms with E-state index in [4.69, 9.17) is 11.6 Å². The summed E-state index contributed by atoms with van der Waals surface area (Å²) in [6, 6.07) is 19.0. The average molecular weight is 450 g/mol. The van der Waals surface area contributed by atoms with Crippen LogP contribution in [0.25, 0.3) is 17.1 Å². The first kappa shape index (κ1) is 21.1. The number of carbonyl (C=O) groups is 1. The average Bonchev–Trinajstić information content (AvgIpc) is 3.23. The van der Waals surface area contributed by atoms with E-state index in [0.29, 0.717) is 16.0 Å². The highest BCUT2D eigenvalue weighted by Crippen LogP contribution is 2.28. The van der Waals surface area contributed by atoms with Gasteiger partial charge in [0, 0.05) is 34.4 Å². The minimum Gasteiger partial charge on any atom is -0.325 e. The lowest BCUT2D eigenvalue weighted by Crippen LogP contribution is -2.14. The Labute approximate surface area is 189 Å². The van der Waals surface area contributed by atoms with Gasteiger partial charge < -0.3 is 5.32 Å². The third kappa shape index (κ3) is 5.13. The number of amides is 1. The number of hydrogen-bond donors (Lipinski definition) is 1. The highest BCUT2D eigenvalue weighted by Gasteiger charge is 2.17. The van der Waals surface area contributed by atoms with E-state index < -0.39 is 0 Å². The van der Waals surface area contributed by atoms with Crippen LogP contribution in [0.3, 0.4) is 0 Å². The SMILES string of the molecule is CCc1ccc(NC(=O)CSc2nnc(-c3ccncc3)n2-c2ccc(Cl)cc2)cc1. The van der Waals surface area contributed by atoms with Crippen LogP contribution in [0.15, 0.2) is 78.2 Å². The molecule has 0 unspecified atom stereocenters. The number of thioether (sulfide) groups is 1. The van der Waals surface area contributed by atoms with Gasteiger partial charge in [-0.3, -0.25) is 14.3 Å². The summed E-state index contributed by atoms with van der Waals surface area (Å²) < 4.78 is 1.92. The summed E-state index contributed by atoms with van der Waals surface area (Å²) in [5.74, 6) is 0.769. The number of rotatable bonds is 7. The summed E-state index contributed by atoms with van der Waals surface area (Å²) in [6.45, 7) is 2.10. The number of pyridine rings is 1. The maximum atomic E-state index is 12.5. The second-order valence-electron chi connectivity index (χ2n) is 6.74. The standard InChI is InChI=1S/C23H20ClN5OS/c1-2-16-3-7-19(8-4-16)26-21(30)15-31-23-28-27-22(17-11-13-25-14-12-17)29(23)20-9-5-18(24)6-10-20/h3-14H,2,15H2,1H3,(H,26,30). The van der Waals surface area contributed by atoms with Crippen molar-refractivity contribution in [3.8, 4) is 17.1 Å². The van der Waals surface area contributed by atoms with Crippen LogP contribution in [-0.2, 0) is 11.2 Å². The van der Waals surface area contributed by atoms with Gasteiger partial charge in [0.15, 0.2) is 11.0 Å². The van der Waals surface area contributed by atoms with Gasteiger partial charge in [-0.1, -0.05) is 42.4 Å². The molecule has 0 fully saturated rings. The van der Waals surface area contributed by atoms with E-state index in [1.807, 2.05) is 65.2 Å². The Balaban J connectivity index is 1.55. The van der Waals surface area contributed by atoms with E-state index in [2.05, 4.69) is 27.4 Å². The molecule has 1 N–H and O–H groups in total. The lowest BCUT2D eigenvalue weighted by molar-refractivity contribution is -0.113. The zero-order valence-corrected chi connectivity index (χ0v) is 18.4. The first-order chi connectivity index (χ1) is 15.1. The summed E-state index contributed by atoms with van der Waals surface area (Å²) in [7, 11) is 0. The molecule has 1 amide bonds. The fourth-order valence-corrected chi connectivity index (χ4v) is 3.90. The lowest BCUT2D eigenvalue weighted by atomic mass is 10.1. The van der Waals surface area contributed by atoms with Gasteiger partial charge in [0.2, 0.25) is 5.91 Å². The van der Waals surface area contributed by atoms with E-state index in [1.165, 1.54) is 17.3 Å². The highest BCUT2D eigenvalue weighted by molar-refractivity contribution is 7.99. The second kappa shape index (κ2) is 9.76. The van der Waals surface area contributed by atoms with Crippen molar-refractivity contribution in [2.75, 3.05) is 11.1 Å². The van der Waals surface area contributed by atoms with Gasteiger partial charge in [-0.25, -0.2) is 0 Å². The van der Waals surface area contributed by atoms with E-state index in [0.717, 1.165) is 23.4 Å². The van der Waals surface area contributed by atoms with Crippen LogP contribution in [0.2, 0.25) is 5.02 Å². The molecule has 8 heteroatoms. The lowest BCUT2D eigenvalue weighted by Gasteiger charge is -2.11. The van der Waals surface area contributed by atoms with Crippen molar-refractivity contribution < 1.29 is 4.79 Å². The third-order valence-electron chi connectivity index (χ3n) is 4.64. The predicted molar refractivity (Wildman–Crippen MR) is 125 cm³/mol. The van der Waals surface area contributed by atoms with Crippen LogP contribution < -0.4 is 5.32 Å². The Hall–Kier alpha value is -3.16.